The minimum Gasteiger partial charge on any atom is -0.471 e. The lowest BCUT2D eigenvalue weighted by Crippen LogP contribution is -2.29. The van der Waals surface area contributed by atoms with Crippen molar-refractivity contribution in [2.24, 2.45) is 0 Å². The predicted octanol–water partition coefficient (Wildman–Crippen LogP) is 0.601. The number of aromatic nitrogens is 4. The molecule has 2 fully saturated rings. The van der Waals surface area contributed by atoms with Crippen molar-refractivity contribution < 1.29 is 23.1 Å². The largest absolute Gasteiger partial charge is 0.471 e. The van der Waals surface area contributed by atoms with Gasteiger partial charge in [0.1, 0.15) is 12.4 Å². The Morgan fingerprint density at radius 3 is 2.69 bits per heavy atom. The number of anilines is 1. The van der Waals surface area contributed by atoms with Gasteiger partial charge in [0.2, 0.25) is 11.8 Å². The van der Waals surface area contributed by atoms with Crippen molar-refractivity contribution in [1.82, 2.24) is 24.4 Å². The number of imidazole rings is 1. The van der Waals surface area contributed by atoms with Crippen LogP contribution in [0.5, 0.6) is 5.88 Å². The van der Waals surface area contributed by atoms with Crippen LogP contribution in [-0.4, -0.2) is 87.8 Å². The minimum absolute atomic E-state index is 0.282. The maximum Gasteiger partial charge on any atom is 0.407 e. The number of carboxylic acid groups (broad SMARTS) is 1. The van der Waals surface area contributed by atoms with E-state index in [9.17, 15) is 13.2 Å². The van der Waals surface area contributed by atoms with E-state index in [2.05, 4.69) is 9.97 Å². The molecule has 2 atom stereocenters. The highest BCUT2D eigenvalue weighted by Gasteiger charge is 2.33. The second kappa shape index (κ2) is 7.32. The van der Waals surface area contributed by atoms with Crippen LogP contribution >= 0.6 is 0 Å². The molecule has 0 spiro atoms. The Hall–Kier alpha value is -2.63. The molecular weight excluding hydrogens is 400 g/mol. The zero-order valence-corrected chi connectivity index (χ0v) is 17.2. The number of carbonyl (C=O) groups is 1. The molecule has 1 amide bonds. The fraction of sp³-hybridized carbons (Fsp3) is 0.647. The third-order valence-corrected chi connectivity index (χ3v) is 7.12. The van der Waals surface area contributed by atoms with Crippen molar-refractivity contribution in [2.45, 2.75) is 37.7 Å². The number of likely N-dealkylation sites (tertiary alicyclic amines) is 1. The summed E-state index contributed by atoms with van der Waals surface area (Å²) in [5.74, 6) is 0.970. The standard InChI is InChI=1S/C17H24N6O5S/c1-3-23-14-13(20-16(23)21-7-5-12(9-21)29(2,26)27)15(19-10-18-14)28-11-4-6-22(8-11)17(24)25/h10-12H,3-9H2,1-2H3,(H,24,25). The fourth-order valence-electron chi connectivity index (χ4n) is 3.94. The maximum absolute atomic E-state index is 11.9. The van der Waals surface area contributed by atoms with Crippen molar-refractivity contribution >= 4 is 33.0 Å². The average Bonchev–Trinajstić information content (AvgIpc) is 3.39. The van der Waals surface area contributed by atoms with E-state index in [1.807, 2.05) is 16.4 Å². The van der Waals surface area contributed by atoms with Crippen molar-refractivity contribution in [3.05, 3.63) is 6.33 Å². The smallest absolute Gasteiger partial charge is 0.407 e. The number of nitrogens with zero attached hydrogens (tertiary/aromatic N) is 6. The molecule has 12 heteroatoms. The van der Waals surface area contributed by atoms with Crippen LogP contribution < -0.4 is 9.64 Å². The lowest BCUT2D eigenvalue weighted by molar-refractivity contribution is 0.145. The number of fused-ring (bicyclic) bond motifs is 1. The lowest BCUT2D eigenvalue weighted by atomic mass is 10.3. The summed E-state index contributed by atoms with van der Waals surface area (Å²) >= 11 is 0. The Labute approximate surface area is 168 Å². The molecule has 2 unspecified atom stereocenters. The molecule has 1 N–H and O–H groups in total. The van der Waals surface area contributed by atoms with E-state index in [1.54, 1.807) is 0 Å². The normalized spacial score (nSPS) is 22.6. The zero-order valence-electron chi connectivity index (χ0n) is 16.4. The molecular formula is C17H24N6O5S. The summed E-state index contributed by atoms with van der Waals surface area (Å²) in [5, 5.41) is 8.71. The van der Waals surface area contributed by atoms with E-state index < -0.39 is 21.2 Å². The molecule has 0 bridgehead atoms. The third-order valence-electron chi connectivity index (χ3n) is 5.52. The molecule has 0 aliphatic carbocycles. The van der Waals surface area contributed by atoms with Crippen molar-refractivity contribution in [2.75, 3.05) is 37.3 Å². The maximum atomic E-state index is 11.9. The van der Waals surface area contributed by atoms with Crippen LogP contribution in [-0.2, 0) is 16.4 Å². The van der Waals surface area contributed by atoms with Crippen LogP contribution in [0.3, 0.4) is 0 Å². The van der Waals surface area contributed by atoms with Gasteiger partial charge in [-0.15, -0.1) is 0 Å². The second-order valence-electron chi connectivity index (χ2n) is 7.45. The van der Waals surface area contributed by atoms with Crippen LogP contribution in [0.4, 0.5) is 10.7 Å². The lowest BCUT2D eigenvalue weighted by Gasteiger charge is -2.18. The van der Waals surface area contributed by atoms with Gasteiger partial charge in [-0.25, -0.2) is 23.2 Å². The van der Waals surface area contributed by atoms with Crippen LogP contribution in [0.25, 0.3) is 11.2 Å². The Bertz CT molecular complexity index is 1040. The molecule has 158 valence electrons. The second-order valence-corrected chi connectivity index (χ2v) is 9.78. The van der Waals surface area contributed by atoms with Gasteiger partial charge in [0.15, 0.2) is 21.0 Å². The number of amides is 1. The first-order valence-electron chi connectivity index (χ1n) is 9.57. The van der Waals surface area contributed by atoms with Gasteiger partial charge in [-0.3, -0.25) is 4.57 Å². The molecule has 4 heterocycles. The van der Waals surface area contributed by atoms with Crippen LogP contribution in [0.15, 0.2) is 6.33 Å². The molecule has 0 saturated carbocycles. The summed E-state index contributed by atoms with van der Waals surface area (Å²) in [6.45, 7) is 4.27. The number of hydrogen-bond donors (Lipinski definition) is 1. The number of aryl methyl sites for hydroxylation is 1. The van der Waals surface area contributed by atoms with E-state index in [-0.39, 0.29) is 12.6 Å². The van der Waals surface area contributed by atoms with Gasteiger partial charge in [0.25, 0.3) is 0 Å². The molecule has 2 aliphatic rings. The van der Waals surface area contributed by atoms with E-state index in [4.69, 9.17) is 14.8 Å². The summed E-state index contributed by atoms with van der Waals surface area (Å²) in [7, 11) is -3.11. The molecule has 0 radical (unpaired) electrons. The number of rotatable bonds is 5. The van der Waals surface area contributed by atoms with Crippen molar-refractivity contribution in [3.63, 3.8) is 0 Å². The quantitative estimate of drug-likeness (QED) is 0.733. The summed E-state index contributed by atoms with van der Waals surface area (Å²) in [6.07, 6.45) is 2.57. The molecule has 29 heavy (non-hydrogen) atoms. The van der Waals surface area contributed by atoms with Crippen LogP contribution in [0, 0.1) is 0 Å². The number of sulfone groups is 1. The van der Waals surface area contributed by atoms with E-state index >= 15 is 0 Å². The first kappa shape index (κ1) is 19.7. The van der Waals surface area contributed by atoms with Crippen LogP contribution in [0.1, 0.15) is 19.8 Å². The summed E-state index contributed by atoms with van der Waals surface area (Å²) in [5.41, 5.74) is 1.12. The number of ether oxygens (including phenoxy) is 1. The zero-order chi connectivity index (χ0) is 20.8. The monoisotopic (exact) mass is 424 g/mol. The highest BCUT2D eigenvalue weighted by molar-refractivity contribution is 7.91. The fourth-order valence-corrected chi connectivity index (χ4v) is 4.92. The minimum atomic E-state index is -3.11. The van der Waals surface area contributed by atoms with Gasteiger partial charge >= 0.3 is 6.09 Å². The van der Waals surface area contributed by atoms with Crippen molar-refractivity contribution in [3.8, 4) is 5.88 Å². The molecule has 2 aromatic heterocycles. The van der Waals surface area contributed by atoms with Gasteiger partial charge in [0, 0.05) is 38.9 Å². The van der Waals surface area contributed by atoms with Crippen LogP contribution in [0.2, 0.25) is 0 Å². The summed E-state index contributed by atoms with van der Waals surface area (Å²) in [6, 6.07) is 0. The first-order valence-corrected chi connectivity index (χ1v) is 11.5. The first-order chi connectivity index (χ1) is 13.8. The predicted molar refractivity (Wildman–Crippen MR) is 105 cm³/mol. The highest BCUT2D eigenvalue weighted by Crippen LogP contribution is 2.30. The SMILES string of the molecule is CCn1c(N2CCC(S(C)(=O)=O)C2)nc2c(OC3CCN(C(=O)O)C3)ncnc21. The van der Waals surface area contributed by atoms with E-state index in [0.717, 1.165) is 0 Å². The molecule has 2 aromatic rings. The Morgan fingerprint density at radius 2 is 2.07 bits per heavy atom. The van der Waals surface area contributed by atoms with Crippen molar-refractivity contribution in [1.29, 1.82) is 0 Å². The summed E-state index contributed by atoms with van der Waals surface area (Å²) < 4.78 is 31.7. The molecule has 0 aromatic carbocycles. The Kier molecular flexibility index (Phi) is 4.97. The Balaban J connectivity index is 1.63. The van der Waals surface area contributed by atoms with E-state index in [1.165, 1.54) is 17.5 Å². The molecule has 2 saturated heterocycles. The molecule has 4 rings (SSSR count). The van der Waals surface area contributed by atoms with Gasteiger partial charge in [-0.1, -0.05) is 0 Å². The topological polar surface area (TPSA) is 131 Å². The molecule has 2 aliphatic heterocycles. The average molecular weight is 424 g/mol. The Morgan fingerprint density at radius 1 is 1.28 bits per heavy atom. The third kappa shape index (κ3) is 3.68. The number of hydrogen-bond acceptors (Lipinski definition) is 8. The molecule has 11 nitrogen and oxygen atoms in total. The van der Waals surface area contributed by atoms with Gasteiger partial charge in [-0.2, -0.15) is 4.98 Å². The van der Waals surface area contributed by atoms with E-state index in [0.29, 0.717) is 62.0 Å². The highest BCUT2D eigenvalue weighted by atomic mass is 32.2. The summed E-state index contributed by atoms with van der Waals surface area (Å²) in [4.78, 5) is 27.7. The van der Waals surface area contributed by atoms with Gasteiger partial charge < -0.3 is 19.6 Å². The van der Waals surface area contributed by atoms with Gasteiger partial charge in [-0.05, 0) is 13.3 Å². The van der Waals surface area contributed by atoms with Gasteiger partial charge in [0.05, 0.1) is 11.8 Å².